The molecule has 0 saturated carbocycles. The lowest BCUT2D eigenvalue weighted by Gasteiger charge is -2.34. The molecule has 0 unspecified atom stereocenters. The molecule has 142 valence electrons. The molecule has 0 spiro atoms. The Morgan fingerprint density at radius 3 is 2.56 bits per heavy atom. The largest absolute Gasteiger partial charge is 0.381 e. The number of ether oxygens (including phenoxy) is 1. The third kappa shape index (κ3) is 4.23. The summed E-state index contributed by atoms with van der Waals surface area (Å²) < 4.78 is 8.26. The third-order valence-corrected chi connectivity index (χ3v) is 6.07. The van der Waals surface area contributed by atoms with Crippen LogP contribution in [0.25, 0.3) is 5.69 Å². The van der Waals surface area contributed by atoms with Gasteiger partial charge in [-0.15, -0.1) is 0 Å². The number of carbonyl (C=O) groups is 1. The van der Waals surface area contributed by atoms with Crippen molar-refractivity contribution in [3.05, 3.63) is 45.7 Å². The van der Waals surface area contributed by atoms with E-state index in [0.717, 1.165) is 34.4 Å². The van der Waals surface area contributed by atoms with Crippen molar-refractivity contribution in [1.29, 1.82) is 5.26 Å². The van der Waals surface area contributed by atoms with Crippen LogP contribution in [0.5, 0.6) is 0 Å². The molecule has 7 heteroatoms. The fourth-order valence-electron chi connectivity index (χ4n) is 3.40. The molecule has 1 amide bonds. The van der Waals surface area contributed by atoms with Crippen LogP contribution in [0.15, 0.2) is 28.7 Å². The Kier molecular flexibility index (Phi) is 6.30. The highest BCUT2D eigenvalue weighted by Gasteiger charge is 2.26. The summed E-state index contributed by atoms with van der Waals surface area (Å²) in [5.74, 6) is -0.0294. The van der Waals surface area contributed by atoms with Gasteiger partial charge in [-0.2, -0.15) is 10.4 Å². The van der Waals surface area contributed by atoms with E-state index in [1.807, 2.05) is 47.7 Å². The van der Waals surface area contributed by atoms with Crippen LogP contribution in [0.3, 0.4) is 0 Å². The fraction of sp³-hybridized carbons (Fsp3) is 0.450. The van der Waals surface area contributed by atoms with Crippen molar-refractivity contribution < 1.29 is 9.53 Å². The van der Waals surface area contributed by atoms with Gasteiger partial charge in [0.1, 0.15) is 0 Å². The number of benzene rings is 1. The van der Waals surface area contributed by atoms with E-state index in [4.69, 9.17) is 10.00 Å². The SMILES string of the molecule is Cc1nn(-c2ccc(C(=O)N(CCC#N)C3CCOCC3)cc2)c(C)c1Br. The van der Waals surface area contributed by atoms with Gasteiger partial charge in [-0.25, -0.2) is 4.68 Å². The molecule has 0 radical (unpaired) electrons. The van der Waals surface area contributed by atoms with Gasteiger partial charge in [0.25, 0.3) is 5.91 Å². The molecule has 1 aromatic heterocycles. The lowest BCUT2D eigenvalue weighted by Crippen LogP contribution is -2.44. The minimum absolute atomic E-state index is 0.0294. The smallest absolute Gasteiger partial charge is 0.254 e. The van der Waals surface area contributed by atoms with E-state index >= 15 is 0 Å². The molecule has 0 aliphatic carbocycles. The van der Waals surface area contributed by atoms with Gasteiger partial charge in [0.2, 0.25) is 0 Å². The van der Waals surface area contributed by atoms with E-state index in [9.17, 15) is 4.79 Å². The van der Waals surface area contributed by atoms with Crippen LogP contribution >= 0.6 is 15.9 Å². The second-order valence-electron chi connectivity index (χ2n) is 6.69. The van der Waals surface area contributed by atoms with Crippen molar-refractivity contribution in [2.75, 3.05) is 19.8 Å². The van der Waals surface area contributed by atoms with Gasteiger partial charge >= 0.3 is 0 Å². The average molecular weight is 431 g/mol. The lowest BCUT2D eigenvalue weighted by atomic mass is 10.0. The van der Waals surface area contributed by atoms with Crippen LogP contribution < -0.4 is 0 Å². The summed E-state index contributed by atoms with van der Waals surface area (Å²) in [7, 11) is 0. The zero-order chi connectivity index (χ0) is 19.4. The Balaban J connectivity index is 1.82. The summed E-state index contributed by atoms with van der Waals surface area (Å²) in [6, 6.07) is 9.76. The summed E-state index contributed by atoms with van der Waals surface area (Å²) in [4.78, 5) is 14.9. The zero-order valence-electron chi connectivity index (χ0n) is 15.6. The van der Waals surface area contributed by atoms with E-state index in [0.29, 0.717) is 31.7 Å². The second-order valence-corrected chi connectivity index (χ2v) is 7.49. The van der Waals surface area contributed by atoms with E-state index in [1.165, 1.54) is 0 Å². The zero-order valence-corrected chi connectivity index (χ0v) is 17.2. The first-order chi connectivity index (χ1) is 13.0. The predicted molar refractivity (Wildman–Crippen MR) is 106 cm³/mol. The van der Waals surface area contributed by atoms with Gasteiger partial charge in [-0.1, -0.05) is 0 Å². The molecule has 1 aliphatic heterocycles. The molecule has 2 aromatic rings. The molecule has 2 heterocycles. The first-order valence-electron chi connectivity index (χ1n) is 9.10. The minimum Gasteiger partial charge on any atom is -0.381 e. The summed E-state index contributed by atoms with van der Waals surface area (Å²) >= 11 is 3.54. The van der Waals surface area contributed by atoms with Crippen LogP contribution in [0, 0.1) is 25.2 Å². The number of amides is 1. The molecule has 3 rings (SSSR count). The normalized spacial score (nSPS) is 14.7. The van der Waals surface area contributed by atoms with Crippen molar-refractivity contribution in [2.45, 2.75) is 39.2 Å². The molecule has 0 bridgehead atoms. The molecule has 0 atom stereocenters. The molecule has 27 heavy (non-hydrogen) atoms. The van der Waals surface area contributed by atoms with Gasteiger partial charge in [-0.3, -0.25) is 4.79 Å². The second kappa shape index (κ2) is 8.68. The molecular weight excluding hydrogens is 408 g/mol. The molecule has 1 aliphatic rings. The standard InChI is InChI=1S/C20H23BrN4O2/c1-14-19(21)15(2)25(23-14)18-6-4-16(5-7-18)20(26)24(11-3-10-22)17-8-12-27-13-9-17/h4-7,17H,3,8-9,11-13H2,1-2H3. The number of hydrogen-bond donors (Lipinski definition) is 0. The van der Waals surface area contributed by atoms with E-state index in [1.54, 1.807) is 0 Å². The summed E-state index contributed by atoms with van der Waals surface area (Å²) in [5.41, 5.74) is 3.48. The van der Waals surface area contributed by atoms with Crippen LogP contribution in [0.1, 0.15) is 41.0 Å². The summed E-state index contributed by atoms with van der Waals surface area (Å²) in [6.07, 6.45) is 1.96. The van der Waals surface area contributed by atoms with Gasteiger partial charge in [0, 0.05) is 31.4 Å². The molecule has 1 fully saturated rings. The number of rotatable bonds is 5. The quantitative estimate of drug-likeness (QED) is 0.723. The molecule has 6 nitrogen and oxygen atoms in total. The molecule has 0 N–H and O–H groups in total. The monoisotopic (exact) mass is 430 g/mol. The number of nitrogens with zero attached hydrogens (tertiary/aromatic N) is 4. The van der Waals surface area contributed by atoms with Gasteiger partial charge < -0.3 is 9.64 Å². The first kappa shape index (κ1) is 19.6. The number of aromatic nitrogens is 2. The Morgan fingerprint density at radius 1 is 1.33 bits per heavy atom. The van der Waals surface area contributed by atoms with Gasteiger partial charge in [0.05, 0.1) is 34.0 Å². The maximum Gasteiger partial charge on any atom is 0.254 e. The molecule has 1 aromatic carbocycles. The maximum atomic E-state index is 13.1. The molecule has 1 saturated heterocycles. The Hall–Kier alpha value is -2.17. The van der Waals surface area contributed by atoms with E-state index in [-0.39, 0.29) is 11.9 Å². The third-order valence-electron chi connectivity index (χ3n) is 4.92. The van der Waals surface area contributed by atoms with Crippen LogP contribution in [-0.4, -0.2) is 46.4 Å². The van der Waals surface area contributed by atoms with E-state index in [2.05, 4.69) is 27.1 Å². The molecular formula is C20H23BrN4O2. The van der Waals surface area contributed by atoms with Crippen molar-refractivity contribution >= 4 is 21.8 Å². The Labute approximate surface area is 167 Å². The first-order valence-corrected chi connectivity index (χ1v) is 9.90. The van der Waals surface area contributed by atoms with Gasteiger partial charge in [0.15, 0.2) is 0 Å². The minimum atomic E-state index is -0.0294. The van der Waals surface area contributed by atoms with Crippen molar-refractivity contribution in [1.82, 2.24) is 14.7 Å². The highest BCUT2D eigenvalue weighted by Crippen LogP contribution is 2.24. The van der Waals surface area contributed by atoms with Crippen LogP contribution in [0.4, 0.5) is 0 Å². The number of nitriles is 1. The average Bonchev–Trinajstić information content (AvgIpc) is 2.96. The number of hydrogen-bond acceptors (Lipinski definition) is 4. The van der Waals surface area contributed by atoms with Gasteiger partial charge in [-0.05, 0) is 66.9 Å². The number of aryl methyl sites for hydroxylation is 1. The Morgan fingerprint density at radius 2 is 2.00 bits per heavy atom. The maximum absolute atomic E-state index is 13.1. The predicted octanol–water partition coefficient (Wildman–Crippen LogP) is 3.79. The lowest BCUT2D eigenvalue weighted by molar-refractivity contribution is 0.0296. The van der Waals surface area contributed by atoms with Crippen molar-refractivity contribution in [3.63, 3.8) is 0 Å². The van der Waals surface area contributed by atoms with E-state index < -0.39 is 0 Å². The highest BCUT2D eigenvalue weighted by molar-refractivity contribution is 9.10. The summed E-state index contributed by atoms with van der Waals surface area (Å²) in [5, 5.41) is 13.5. The summed E-state index contributed by atoms with van der Waals surface area (Å²) in [6.45, 7) is 5.72. The highest BCUT2D eigenvalue weighted by atomic mass is 79.9. The van der Waals surface area contributed by atoms with Crippen LogP contribution in [0.2, 0.25) is 0 Å². The van der Waals surface area contributed by atoms with Crippen LogP contribution in [-0.2, 0) is 4.74 Å². The number of carbonyl (C=O) groups excluding carboxylic acids is 1. The van der Waals surface area contributed by atoms with Crippen molar-refractivity contribution in [3.8, 4) is 11.8 Å². The fourth-order valence-corrected chi connectivity index (χ4v) is 3.65. The Bertz CT molecular complexity index is 848. The van der Waals surface area contributed by atoms with Crippen molar-refractivity contribution in [2.24, 2.45) is 0 Å². The number of halogens is 1. The topological polar surface area (TPSA) is 71.2 Å².